The second-order valence-electron chi connectivity index (χ2n) is 1.45. The zero-order valence-electron chi connectivity index (χ0n) is 4.71. The average Bonchev–Trinajstić information content (AvgIpc) is 1.88. The van der Waals surface area contributed by atoms with E-state index >= 15 is 0 Å². The summed E-state index contributed by atoms with van der Waals surface area (Å²) in [6, 6.07) is 1.58. The van der Waals surface area contributed by atoms with Crippen molar-refractivity contribution in [1.29, 1.82) is 0 Å². The van der Waals surface area contributed by atoms with Crippen molar-refractivity contribution in [2.24, 2.45) is 0 Å². The van der Waals surface area contributed by atoms with Gasteiger partial charge in [-0.3, -0.25) is 0 Å². The van der Waals surface area contributed by atoms with Gasteiger partial charge in [0.2, 0.25) is 0 Å². The first-order valence-electron chi connectivity index (χ1n) is 2.44. The Morgan fingerprint density at radius 1 is 1.67 bits per heavy atom. The van der Waals surface area contributed by atoms with Crippen LogP contribution in [0.15, 0.2) is 18.8 Å². The van der Waals surface area contributed by atoms with Crippen molar-refractivity contribution < 1.29 is 4.39 Å². The van der Waals surface area contributed by atoms with Crippen molar-refractivity contribution in [3.8, 4) is 0 Å². The Kier molecular flexibility index (Phi) is 1.53. The summed E-state index contributed by atoms with van der Waals surface area (Å²) in [4.78, 5) is 6.66. The van der Waals surface area contributed by atoms with E-state index in [0.29, 0.717) is 5.69 Å². The average molecular weight is 124 g/mol. The van der Waals surface area contributed by atoms with Gasteiger partial charge in [-0.1, -0.05) is 6.58 Å². The van der Waals surface area contributed by atoms with Crippen molar-refractivity contribution in [3.63, 3.8) is 0 Å². The molecule has 0 saturated carbocycles. The fourth-order valence-corrected chi connectivity index (χ4v) is 0.461. The molecule has 1 rings (SSSR count). The summed E-state index contributed by atoms with van der Waals surface area (Å²) in [5.41, 5.74) is 0.502. The second kappa shape index (κ2) is 2.35. The SMILES string of the molecule is C=Cc1ccnc(F)n1. The predicted octanol–water partition coefficient (Wildman–Crippen LogP) is 1.26. The standard InChI is InChI=1S/C6H5FN2/c1-2-5-3-4-8-6(7)9-5/h2-4H,1H2. The monoisotopic (exact) mass is 124 g/mol. The Bertz CT molecular complexity index is 222. The molecule has 46 valence electrons. The molecule has 9 heavy (non-hydrogen) atoms. The Morgan fingerprint density at radius 2 is 2.44 bits per heavy atom. The lowest BCUT2D eigenvalue weighted by atomic mass is 10.4. The zero-order valence-corrected chi connectivity index (χ0v) is 4.71. The quantitative estimate of drug-likeness (QED) is 0.526. The molecule has 2 nitrogen and oxygen atoms in total. The molecule has 0 saturated heterocycles. The summed E-state index contributed by atoms with van der Waals surface area (Å²) < 4.78 is 12.1. The van der Waals surface area contributed by atoms with E-state index in [1.54, 1.807) is 6.07 Å². The number of nitrogens with zero attached hydrogens (tertiary/aromatic N) is 2. The molecule has 1 heterocycles. The summed E-state index contributed by atoms with van der Waals surface area (Å²) in [6.45, 7) is 3.42. The van der Waals surface area contributed by atoms with Gasteiger partial charge in [-0.2, -0.15) is 4.39 Å². The maximum Gasteiger partial charge on any atom is 0.309 e. The molecule has 0 atom stereocenters. The third-order valence-corrected chi connectivity index (χ3v) is 0.857. The van der Waals surface area contributed by atoms with E-state index < -0.39 is 6.08 Å². The van der Waals surface area contributed by atoms with Crippen LogP contribution in [0.4, 0.5) is 4.39 Å². The van der Waals surface area contributed by atoms with Crippen LogP contribution < -0.4 is 0 Å². The van der Waals surface area contributed by atoms with E-state index in [1.807, 2.05) is 0 Å². The highest BCUT2D eigenvalue weighted by atomic mass is 19.1. The van der Waals surface area contributed by atoms with Crippen LogP contribution in [-0.4, -0.2) is 9.97 Å². The van der Waals surface area contributed by atoms with E-state index in [2.05, 4.69) is 16.5 Å². The molecule has 0 radical (unpaired) electrons. The van der Waals surface area contributed by atoms with Crippen LogP contribution in [0, 0.1) is 6.08 Å². The van der Waals surface area contributed by atoms with Gasteiger partial charge in [-0.15, -0.1) is 0 Å². The minimum Gasteiger partial charge on any atom is -0.211 e. The van der Waals surface area contributed by atoms with Crippen molar-refractivity contribution in [1.82, 2.24) is 9.97 Å². The number of hydrogen-bond acceptors (Lipinski definition) is 2. The molecule has 0 unspecified atom stereocenters. The molecule has 1 aromatic heterocycles. The largest absolute Gasteiger partial charge is 0.309 e. The van der Waals surface area contributed by atoms with Gasteiger partial charge in [-0.25, -0.2) is 9.97 Å². The van der Waals surface area contributed by atoms with Gasteiger partial charge in [0.1, 0.15) is 0 Å². The van der Waals surface area contributed by atoms with Crippen molar-refractivity contribution in [2.45, 2.75) is 0 Å². The van der Waals surface area contributed by atoms with Crippen molar-refractivity contribution in [2.75, 3.05) is 0 Å². The maximum atomic E-state index is 12.1. The molecule has 0 bridgehead atoms. The number of aromatic nitrogens is 2. The first-order valence-corrected chi connectivity index (χ1v) is 2.44. The normalized spacial score (nSPS) is 9.00. The number of rotatable bonds is 1. The van der Waals surface area contributed by atoms with Gasteiger partial charge in [0.25, 0.3) is 0 Å². The summed E-state index contributed by atoms with van der Waals surface area (Å²) in [5, 5.41) is 0. The van der Waals surface area contributed by atoms with Crippen LogP contribution in [-0.2, 0) is 0 Å². The third-order valence-electron chi connectivity index (χ3n) is 0.857. The zero-order chi connectivity index (χ0) is 6.69. The maximum absolute atomic E-state index is 12.1. The van der Waals surface area contributed by atoms with Gasteiger partial charge in [0, 0.05) is 6.20 Å². The lowest BCUT2D eigenvalue weighted by Crippen LogP contribution is -1.88. The highest BCUT2D eigenvalue weighted by Gasteiger charge is 1.89. The van der Waals surface area contributed by atoms with Crippen LogP contribution in [0.3, 0.4) is 0 Å². The molecule has 0 amide bonds. The molecular weight excluding hydrogens is 119 g/mol. The molecule has 0 N–H and O–H groups in total. The molecule has 0 spiro atoms. The van der Waals surface area contributed by atoms with Crippen LogP contribution in [0.5, 0.6) is 0 Å². The summed E-state index contributed by atoms with van der Waals surface area (Å²) in [7, 11) is 0. The Labute approximate surface area is 52.1 Å². The van der Waals surface area contributed by atoms with E-state index in [0.717, 1.165) is 0 Å². The smallest absolute Gasteiger partial charge is 0.211 e. The predicted molar refractivity (Wildman–Crippen MR) is 32.1 cm³/mol. The number of halogens is 1. The first-order chi connectivity index (χ1) is 4.33. The molecule has 3 heteroatoms. The molecule has 0 aliphatic rings. The lowest BCUT2D eigenvalue weighted by molar-refractivity contribution is 0.537. The van der Waals surface area contributed by atoms with E-state index in [-0.39, 0.29) is 0 Å². The topological polar surface area (TPSA) is 25.8 Å². The van der Waals surface area contributed by atoms with Crippen molar-refractivity contribution >= 4 is 6.08 Å². The van der Waals surface area contributed by atoms with Crippen LogP contribution in [0.1, 0.15) is 5.69 Å². The van der Waals surface area contributed by atoms with E-state index in [1.165, 1.54) is 12.3 Å². The van der Waals surface area contributed by atoms with Crippen LogP contribution in [0.2, 0.25) is 0 Å². The third kappa shape index (κ3) is 1.32. The van der Waals surface area contributed by atoms with Gasteiger partial charge in [-0.05, 0) is 12.1 Å². The van der Waals surface area contributed by atoms with Crippen molar-refractivity contribution in [3.05, 3.63) is 30.6 Å². The molecule has 0 aromatic carbocycles. The summed E-state index contributed by atoms with van der Waals surface area (Å²) in [5.74, 6) is 0. The Hall–Kier alpha value is -1.25. The van der Waals surface area contributed by atoms with Gasteiger partial charge < -0.3 is 0 Å². The Balaban J connectivity index is 3.07. The summed E-state index contributed by atoms with van der Waals surface area (Å²) in [6.07, 6.45) is 2.09. The van der Waals surface area contributed by atoms with E-state index in [9.17, 15) is 4.39 Å². The second-order valence-corrected chi connectivity index (χ2v) is 1.45. The first kappa shape index (κ1) is 5.88. The molecule has 0 fully saturated rings. The van der Waals surface area contributed by atoms with Crippen LogP contribution >= 0.6 is 0 Å². The fraction of sp³-hybridized carbons (Fsp3) is 0. The minimum atomic E-state index is -0.715. The van der Waals surface area contributed by atoms with Gasteiger partial charge in [0.05, 0.1) is 5.69 Å². The van der Waals surface area contributed by atoms with Gasteiger partial charge in [0.15, 0.2) is 0 Å². The van der Waals surface area contributed by atoms with Gasteiger partial charge >= 0.3 is 6.08 Å². The highest BCUT2D eigenvalue weighted by molar-refractivity contribution is 5.39. The molecule has 0 aliphatic carbocycles. The minimum absolute atomic E-state index is 0.502. The number of hydrogen-bond donors (Lipinski definition) is 0. The van der Waals surface area contributed by atoms with E-state index in [4.69, 9.17) is 0 Å². The highest BCUT2D eigenvalue weighted by Crippen LogP contribution is 1.93. The van der Waals surface area contributed by atoms with Crippen LogP contribution in [0.25, 0.3) is 6.08 Å². The Morgan fingerprint density at radius 3 is 2.89 bits per heavy atom. The molecule has 0 aliphatic heterocycles. The molecule has 1 aromatic rings. The summed E-state index contributed by atoms with van der Waals surface area (Å²) >= 11 is 0. The fourth-order valence-electron chi connectivity index (χ4n) is 0.461. The molecular formula is C6H5FN2. The lowest BCUT2D eigenvalue weighted by Gasteiger charge is -1.87.